The molecule has 556 valence electrons. The third-order valence-electron chi connectivity index (χ3n) is 21.3. The summed E-state index contributed by atoms with van der Waals surface area (Å²) in [6.45, 7) is 14.9. The molecule has 0 bridgehead atoms. The van der Waals surface area contributed by atoms with E-state index in [1.54, 1.807) is 66.3 Å². The molecule has 0 radical (unpaired) electrons. The summed E-state index contributed by atoms with van der Waals surface area (Å²) >= 11 is 13.3. The van der Waals surface area contributed by atoms with E-state index < -0.39 is 75.8 Å². The molecule has 3 saturated heterocycles. The Morgan fingerprint density at radius 2 is 0.952 bits per heavy atom. The first-order chi connectivity index (χ1) is 49.8. The van der Waals surface area contributed by atoms with Crippen LogP contribution in [0.25, 0.3) is 23.3 Å². The molecule has 3 aliphatic heterocycles. The van der Waals surface area contributed by atoms with Crippen molar-refractivity contribution in [3.63, 3.8) is 0 Å². The Bertz CT molecular complexity index is 4210. The molecule has 26 nitrogen and oxygen atoms in total. The molecular formula is C77H89Cl2N11O15. The SMILES string of the molecule is CC1(OC(=O)ON2C(=O)CCC2=O)CC1.Cn1cncc1C(NC(=O)OC1(C)CC1)C1=Cc2cccnc2C(O)(C2CCN(C(=O)OC(C)(C)C)CC2)c2ccc(Cl)cc21.Cn1cncc1C(NC(=O)OC1(C)CC1)C1=Cc2cccnc2C(O)(C2CCN(C(=O)OC3(C)CC3)CC2)c2ccc(Cl)cc21. The Hall–Kier alpha value is -9.37. The molecule has 6 aliphatic carbocycles. The number of piperidine rings is 2. The number of likely N-dealkylation sites (tertiary alicyclic amines) is 2. The van der Waals surface area contributed by atoms with E-state index in [1.165, 1.54) is 0 Å². The van der Waals surface area contributed by atoms with Gasteiger partial charge in [0.15, 0.2) is 0 Å². The highest BCUT2D eigenvalue weighted by Crippen LogP contribution is 2.53. The maximum atomic E-state index is 13.3. The first-order valence-corrected chi connectivity index (χ1v) is 36.5. The van der Waals surface area contributed by atoms with Gasteiger partial charge in [-0.15, -0.1) is 0 Å². The zero-order chi connectivity index (χ0) is 74.8. The van der Waals surface area contributed by atoms with Crippen molar-refractivity contribution in [3.8, 4) is 0 Å². The van der Waals surface area contributed by atoms with Crippen molar-refractivity contribution in [2.75, 3.05) is 26.2 Å². The number of alkyl carbamates (subject to hydrolysis) is 2. The quantitative estimate of drug-likeness (QED) is 0.0474. The normalized spacial score (nSPS) is 22.5. The molecule has 2 aromatic carbocycles. The van der Waals surface area contributed by atoms with Crippen molar-refractivity contribution in [2.45, 2.75) is 190 Å². The van der Waals surface area contributed by atoms with E-state index in [0.717, 1.165) is 73.9 Å². The van der Waals surface area contributed by atoms with Crippen molar-refractivity contribution in [1.82, 2.24) is 54.6 Å². The Morgan fingerprint density at radius 3 is 1.33 bits per heavy atom. The van der Waals surface area contributed by atoms with Gasteiger partial charge in [0.2, 0.25) is 0 Å². The monoisotopic (exact) mass is 1480 g/mol. The second-order valence-corrected chi connectivity index (χ2v) is 31.9. The molecule has 0 spiro atoms. The summed E-state index contributed by atoms with van der Waals surface area (Å²) < 4.78 is 31.5. The molecule has 4 atom stereocenters. The maximum absolute atomic E-state index is 13.3. The van der Waals surface area contributed by atoms with Gasteiger partial charge in [-0.1, -0.05) is 52.5 Å². The van der Waals surface area contributed by atoms with E-state index >= 15 is 0 Å². The number of aromatic nitrogens is 6. The number of halogens is 2. The molecular weight excluding hydrogens is 1390 g/mol. The van der Waals surface area contributed by atoms with Gasteiger partial charge in [0.1, 0.15) is 39.2 Å². The average Bonchev–Trinajstić information content (AvgIpc) is 1.61. The Kier molecular flexibility index (Phi) is 20.1. The number of nitrogens with one attached hydrogen (secondary N) is 2. The number of fused-ring (bicyclic) bond motifs is 4. The van der Waals surface area contributed by atoms with Crippen LogP contribution in [0.5, 0.6) is 0 Å². The molecule has 105 heavy (non-hydrogen) atoms. The van der Waals surface area contributed by atoms with Crippen LogP contribution in [0, 0.1) is 11.8 Å². The largest absolute Gasteiger partial charge is 0.534 e. The van der Waals surface area contributed by atoms with Crippen molar-refractivity contribution in [1.29, 1.82) is 0 Å². The van der Waals surface area contributed by atoms with Gasteiger partial charge in [0.25, 0.3) is 11.8 Å². The van der Waals surface area contributed by atoms with Gasteiger partial charge in [-0.25, -0.2) is 33.9 Å². The van der Waals surface area contributed by atoms with Gasteiger partial charge in [0, 0.05) is 87.4 Å². The van der Waals surface area contributed by atoms with Crippen molar-refractivity contribution < 1.29 is 72.3 Å². The second-order valence-electron chi connectivity index (χ2n) is 31.0. The van der Waals surface area contributed by atoms with E-state index in [2.05, 4.69) is 25.4 Å². The van der Waals surface area contributed by atoms with Gasteiger partial charge in [-0.2, -0.15) is 0 Å². The van der Waals surface area contributed by atoms with Crippen LogP contribution in [0.3, 0.4) is 0 Å². The van der Waals surface area contributed by atoms with Crippen molar-refractivity contribution in [2.24, 2.45) is 25.9 Å². The smallest absolute Gasteiger partial charge is 0.444 e. The summed E-state index contributed by atoms with van der Waals surface area (Å²) in [4.78, 5) is 112. The van der Waals surface area contributed by atoms with Gasteiger partial charge in [0.05, 0.1) is 59.9 Å². The number of imidazole rings is 2. The molecule has 6 amide bonds. The molecule has 9 aliphatic rings. The lowest BCUT2D eigenvalue weighted by molar-refractivity contribution is -0.179. The molecule has 4 aromatic heterocycles. The first kappa shape index (κ1) is 73.9. The molecule has 15 rings (SSSR count). The van der Waals surface area contributed by atoms with Crippen LogP contribution in [0.2, 0.25) is 10.0 Å². The third kappa shape index (κ3) is 16.1. The van der Waals surface area contributed by atoms with Crippen LogP contribution in [-0.2, 0) is 63.4 Å². The summed E-state index contributed by atoms with van der Waals surface area (Å²) in [5.74, 6) is -1.54. The number of hydroxylamine groups is 2. The number of pyridine rings is 2. The zero-order valence-electron chi connectivity index (χ0n) is 60.4. The van der Waals surface area contributed by atoms with Crippen molar-refractivity contribution in [3.05, 3.63) is 164 Å². The van der Waals surface area contributed by atoms with Gasteiger partial charge in [-0.3, -0.25) is 24.4 Å². The minimum Gasteiger partial charge on any atom is -0.444 e. The van der Waals surface area contributed by atoms with Gasteiger partial charge in [-0.05, 0) is 219 Å². The minimum atomic E-state index is -1.52. The number of hydrogen-bond donors (Lipinski definition) is 4. The van der Waals surface area contributed by atoms with Gasteiger partial charge >= 0.3 is 30.5 Å². The van der Waals surface area contributed by atoms with Crippen LogP contribution < -0.4 is 10.6 Å². The van der Waals surface area contributed by atoms with Crippen LogP contribution >= 0.6 is 23.2 Å². The highest BCUT2D eigenvalue weighted by molar-refractivity contribution is 6.31. The molecule has 6 aromatic rings. The Labute approximate surface area is 618 Å². The summed E-state index contributed by atoms with van der Waals surface area (Å²) in [7, 11) is 3.74. The summed E-state index contributed by atoms with van der Waals surface area (Å²) in [6, 6.07) is 17.0. The number of hydrogen-bond acceptors (Lipinski definition) is 19. The maximum Gasteiger partial charge on any atom is 0.534 e. The molecule has 4 unspecified atom stereocenters. The average molecular weight is 1480 g/mol. The number of carbonyl (C=O) groups is 7. The zero-order valence-corrected chi connectivity index (χ0v) is 61.9. The topological polar surface area (TPSA) is 311 Å². The summed E-state index contributed by atoms with van der Waals surface area (Å²) in [6.07, 6.45) is 20.3. The fourth-order valence-corrected chi connectivity index (χ4v) is 14.6. The molecule has 4 saturated carbocycles. The van der Waals surface area contributed by atoms with E-state index in [-0.39, 0.29) is 42.5 Å². The van der Waals surface area contributed by atoms with Crippen LogP contribution in [0.15, 0.2) is 98.1 Å². The Balaban J connectivity index is 0.000000156. The van der Waals surface area contributed by atoms with Gasteiger partial charge < -0.3 is 63.5 Å². The van der Waals surface area contributed by atoms with E-state index in [9.17, 15) is 43.8 Å². The summed E-state index contributed by atoms with van der Waals surface area (Å²) in [5.41, 5.74) is 2.63. The first-order valence-electron chi connectivity index (χ1n) is 35.8. The predicted octanol–water partition coefficient (Wildman–Crippen LogP) is 13.0. The molecule has 28 heteroatoms. The Morgan fingerprint density at radius 1 is 0.562 bits per heavy atom. The fraction of sp³-hybridized carbons (Fsp3) is 0.494. The molecule has 7 fully saturated rings. The number of aryl methyl sites for hydroxylation is 2. The third-order valence-corrected chi connectivity index (χ3v) is 21.8. The minimum absolute atomic E-state index is 0.0867. The lowest BCUT2D eigenvalue weighted by Crippen LogP contribution is -2.47. The highest BCUT2D eigenvalue weighted by atomic mass is 35.5. The van der Waals surface area contributed by atoms with Crippen LogP contribution in [0.4, 0.5) is 24.0 Å². The number of benzene rings is 2. The van der Waals surface area contributed by atoms with E-state index in [0.29, 0.717) is 112 Å². The number of amides is 6. The predicted molar refractivity (Wildman–Crippen MR) is 385 cm³/mol. The van der Waals surface area contributed by atoms with Crippen LogP contribution in [0.1, 0.15) is 207 Å². The number of rotatable bonds is 13. The highest BCUT2D eigenvalue weighted by Gasteiger charge is 2.52. The molecule has 4 N–H and O–H groups in total. The van der Waals surface area contributed by atoms with E-state index in [4.69, 9.17) is 56.9 Å². The lowest BCUT2D eigenvalue weighted by Gasteiger charge is -2.42. The number of ether oxygens (including phenoxy) is 5. The standard InChI is InChI=1S/C34H38ClN5O5.C34H40ClN5O5.C9H11NO5/c1-32(10-11-32)44-30(41)38-28(27-19-36-20-39(27)3)25-17-21-5-4-14-37-29(21)34(43,26-7-6-23(35)18-24(25)26)22-8-15-40(16-9-22)31(42)45-33(2)12-13-33;1-32(2,3)45-31(42)40-15-10-22(11-16-40)34(43)26-9-8-23(35)18-24(26)25(17-21-7-6-14-37-29(21)34)28(27-19-36-20-39(27)5)38-30(41)44-33(4)12-13-33;1-9(4-5-9)14-8(13)15-10-6(11)2-3-7(10)12/h4-7,14,17-20,22,28,43H,8-13,15-16H2,1-3H3,(H,38,41);6-9,14,17-20,22,28,43H,10-13,15-16H2,1-5H3,(H,38,41);2-5H2,1H3. The molecule has 7 heterocycles. The number of aliphatic hydroxyl groups is 2. The number of carbonyl (C=O) groups excluding carboxylic acids is 7. The lowest BCUT2D eigenvalue weighted by atomic mass is 9.72. The number of nitrogens with zero attached hydrogens (tertiary/aromatic N) is 9. The van der Waals surface area contributed by atoms with Crippen molar-refractivity contribution >= 4 is 88.8 Å². The van der Waals surface area contributed by atoms with Crippen LogP contribution in [-0.4, -0.2) is 151 Å². The fourth-order valence-electron chi connectivity index (χ4n) is 14.2. The number of imide groups is 1. The second kappa shape index (κ2) is 28.5. The summed E-state index contributed by atoms with van der Waals surface area (Å²) in [5, 5.41) is 33.7. The van der Waals surface area contributed by atoms with E-state index in [1.807, 2.05) is 125 Å².